The van der Waals surface area contributed by atoms with Gasteiger partial charge < -0.3 is 10.3 Å². The van der Waals surface area contributed by atoms with E-state index < -0.39 is 0 Å². The molecule has 0 radical (unpaired) electrons. The highest BCUT2D eigenvalue weighted by Crippen LogP contribution is 2.17. The Morgan fingerprint density at radius 1 is 1.08 bits per heavy atom. The second-order valence-corrected chi connectivity index (χ2v) is 6.94. The molecule has 1 amide bonds. The fraction of sp³-hybridized carbons (Fsp3) is 0.318. The van der Waals surface area contributed by atoms with Gasteiger partial charge in [-0.05, 0) is 37.5 Å². The molecular formula is C22H27N3O. The summed E-state index contributed by atoms with van der Waals surface area (Å²) in [6, 6.07) is 18.9. The first-order chi connectivity index (χ1) is 12.6. The molecule has 2 aromatic carbocycles. The average Bonchev–Trinajstić information content (AvgIpc) is 3.05. The van der Waals surface area contributed by atoms with Crippen LogP contribution in [-0.2, 0) is 17.8 Å². The first-order valence-corrected chi connectivity index (χ1v) is 9.23. The molecule has 0 unspecified atom stereocenters. The lowest BCUT2D eigenvalue weighted by Gasteiger charge is -2.25. The van der Waals surface area contributed by atoms with Gasteiger partial charge in [-0.15, -0.1) is 0 Å². The van der Waals surface area contributed by atoms with E-state index in [1.807, 2.05) is 36.5 Å². The molecule has 3 rings (SSSR count). The smallest absolute Gasteiger partial charge is 0.234 e. The van der Waals surface area contributed by atoms with Crippen molar-refractivity contribution in [3.05, 3.63) is 71.9 Å². The largest absolute Gasteiger partial charge is 0.361 e. The molecule has 1 aromatic heterocycles. The number of aromatic amines is 1. The number of carbonyl (C=O) groups excluding carboxylic acids is 1. The van der Waals surface area contributed by atoms with Crippen molar-refractivity contribution < 1.29 is 4.79 Å². The van der Waals surface area contributed by atoms with Gasteiger partial charge in [0.25, 0.3) is 0 Å². The molecule has 0 saturated carbocycles. The number of hydrogen-bond acceptors (Lipinski definition) is 2. The number of rotatable bonds is 8. The van der Waals surface area contributed by atoms with Gasteiger partial charge in [0.1, 0.15) is 0 Å². The predicted octanol–water partition coefficient (Wildman–Crippen LogP) is 3.74. The topological polar surface area (TPSA) is 48.1 Å². The van der Waals surface area contributed by atoms with Crippen LogP contribution >= 0.6 is 0 Å². The van der Waals surface area contributed by atoms with Gasteiger partial charge in [0.05, 0.1) is 6.54 Å². The highest BCUT2D eigenvalue weighted by atomic mass is 16.2. The predicted molar refractivity (Wildman–Crippen MR) is 107 cm³/mol. The Morgan fingerprint density at radius 3 is 2.58 bits per heavy atom. The summed E-state index contributed by atoms with van der Waals surface area (Å²) in [6.45, 7) is 6.11. The van der Waals surface area contributed by atoms with Crippen LogP contribution in [0.3, 0.4) is 0 Å². The molecule has 2 N–H and O–H groups in total. The van der Waals surface area contributed by atoms with E-state index in [1.54, 1.807) is 0 Å². The SMILES string of the molecule is CC(C)N(CC(=O)NCCc1c[nH]c2ccccc12)Cc1ccccc1. The van der Waals surface area contributed by atoms with E-state index >= 15 is 0 Å². The van der Waals surface area contributed by atoms with Crippen LogP contribution in [-0.4, -0.2) is 34.9 Å². The van der Waals surface area contributed by atoms with Crippen molar-refractivity contribution in [1.29, 1.82) is 0 Å². The molecule has 4 heteroatoms. The molecule has 0 aliphatic heterocycles. The normalized spacial score (nSPS) is 11.4. The summed E-state index contributed by atoms with van der Waals surface area (Å²) in [7, 11) is 0. The van der Waals surface area contributed by atoms with E-state index in [-0.39, 0.29) is 5.91 Å². The van der Waals surface area contributed by atoms with Gasteiger partial charge in [-0.25, -0.2) is 0 Å². The maximum Gasteiger partial charge on any atom is 0.234 e. The van der Waals surface area contributed by atoms with Crippen LogP contribution in [0.2, 0.25) is 0 Å². The lowest BCUT2D eigenvalue weighted by atomic mass is 10.1. The lowest BCUT2D eigenvalue weighted by molar-refractivity contribution is -0.122. The molecule has 4 nitrogen and oxygen atoms in total. The molecule has 0 atom stereocenters. The molecule has 1 heterocycles. The summed E-state index contributed by atoms with van der Waals surface area (Å²) < 4.78 is 0. The minimum Gasteiger partial charge on any atom is -0.361 e. The third-order valence-electron chi connectivity index (χ3n) is 4.70. The van der Waals surface area contributed by atoms with Gasteiger partial charge in [-0.2, -0.15) is 0 Å². The van der Waals surface area contributed by atoms with Gasteiger partial charge in [-0.3, -0.25) is 9.69 Å². The fourth-order valence-electron chi connectivity index (χ4n) is 3.15. The molecule has 0 saturated heterocycles. The summed E-state index contributed by atoms with van der Waals surface area (Å²) in [5.41, 5.74) is 3.61. The van der Waals surface area contributed by atoms with Gasteiger partial charge >= 0.3 is 0 Å². The number of hydrogen-bond donors (Lipinski definition) is 2. The van der Waals surface area contributed by atoms with Crippen molar-refractivity contribution >= 4 is 16.8 Å². The Bertz CT molecular complexity index is 839. The van der Waals surface area contributed by atoms with Crippen molar-refractivity contribution in [1.82, 2.24) is 15.2 Å². The highest BCUT2D eigenvalue weighted by molar-refractivity contribution is 5.83. The van der Waals surface area contributed by atoms with Crippen LogP contribution in [0.4, 0.5) is 0 Å². The first kappa shape index (κ1) is 18.2. The minimum atomic E-state index is 0.0782. The number of nitrogens with one attached hydrogen (secondary N) is 2. The summed E-state index contributed by atoms with van der Waals surface area (Å²) in [6.07, 6.45) is 2.86. The Morgan fingerprint density at radius 2 is 1.81 bits per heavy atom. The monoisotopic (exact) mass is 349 g/mol. The zero-order valence-electron chi connectivity index (χ0n) is 15.5. The van der Waals surface area contributed by atoms with E-state index in [0.29, 0.717) is 19.1 Å². The van der Waals surface area contributed by atoms with Crippen LogP contribution in [0.15, 0.2) is 60.8 Å². The molecule has 0 fully saturated rings. The van der Waals surface area contributed by atoms with Crippen LogP contribution in [0.25, 0.3) is 10.9 Å². The number of para-hydroxylation sites is 1. The number of aromatic nitrogens is 1. The van der Waals surface area contributed by atoms with Gasteiger partial charge in [0, 0.05) is 36.2 Å². The molecule has 136 valence electrons. The first-order valence-electron chi connectivity index (χ1n) is 9.23. The van der Waals surface area contributed by atoms with E-state index in [2.05, 4.69) is 53.3 Å². The van der Waals surface area contributed by atoms with Crippen molar-refractivity contribution in [3.8, 4) is 0 Å². The number of carbonyl (C=O) groups is 1. The number of benzene rings is 2. The van der Waals surface area contributed by atoms with Crippen molar-refractivity contribution in [2.75, 3.05) is 13.1 Å². The van der Waals surface area contributed by atoms with Crippen molar-refractivity contribution in [2.45, 2.75) is 32.9 Å². The van der Waals surface area contributed by atoms with Gasteiger partial charge in [0.2, 0.25) is 5.91 Å². The second kappa shape index (κ2) is 8.68. The zero-order valence-corrected chi connectivity index (χ0v) is 15.5. The number of amides is 1. The minimum absolute atomic E-state index is 0.0782. The molecule has 0 bridgehead atoms. The van der Waals surface area contributed by atoms with Gasteiger partial charge in [-0.1, -0.05) is 48.5 Å². The molecular weight excluding hydrogens is 322 g/mol. The molecule has 0 spiro atoms. The lowest BCUT2D eigenvalue weighted by Crippen LogP contribution is -2.40. The molecule has 26 heavy (non-hydrogen) atoms. The van der Waals surface area contributed by atoms with Crippen molar-refractivity contribution in [3.63, 3.8) is 0 Å². The molecule has 0 aliphatic rings. The Balaban J connectivity index is 1.50. The van der Waals surface area contributed by atoms with Gasteiger partial charge in [0.15, 0.2) is 0 Å². The number of fused-ring (bicyclic) bond motifs is 1. The molecule has 0 aliphatic carbocycles. The van der Waals surface area contributed by atoms with E-state index in [0.717, 1.165) is 18.5 Å². The standard InChI is InChI=1S/C22H27N3O/c1-17(2)25(15-18-8-4-3-5-9-18)16-22(26)23-13-12-19-14-24-21-11-7-6-10-20(19)21/h3-11,14,17,24H,12-13,15-16H2,1-2H3,(H,23,26). The van der Waals surface area contributed by atoms with Crippen LogP contribution in [0.1, 0.15) is 25.0 Å². The maximum atomic E-state index is 12.4. The summed E-state index contributed by atoms with van der Waals surface area (Å²) in [5.74, 6) is 0.0782. The Kier molecular flexibility index (Phi) is 6.08. The number of nitrogens with zero attached hydrogens (tertiary/aromatic N) is 1. The Labute approximate surface area is 155 Å². The average molecular weight is 349 g/mol. The highest BCUT2D eigenvalue weighted by Gasteiger charge is 2.14. The Hall–Kier alpha value is -2.59. The van der Waals surface area contributed by atoms with E-state index in [4.69, 9.17) is 0 Å². The fourth-order valence-corrected chi connectivity index (χ4v) is 3.15. The van der Waals surface area contributed by atoms with Crippen LogP contribution in [0, 0.1) is 0 Å². The number of H-pyrrole nitrogens is 1. The summed E-state index contributed by atoms with van der Waals surface area (Å²) >= 11 is 0. The summed E-state index contributed by atoms with van der Waals surface area (Å²) in [5, 5.41) is 4.29. The zero-order chi connectivity index (χ0) is 18.4. The van der Waals surface area contributed by atoms with Crippen molar-refractivity contribution in [2.24, 2.45) is 0 Å². The van der Waals surface area contributed by atoms with Crippen LogP contribution < -0.4 is 5.32 Å². The third-order valence-corrected chi connectivity index (χ3v) is 4.70. The third kappa shape index (κ3) is 4.73. The summed E-state index contributed by atoms with van der Waals surface area (Å²) in [4.78, 5) is 17.9. The van der Waals surface area contributed by atoms with E-state index in [9.17, 15) is 4.79 Å². The maximum absolute atomic E-state index is 12.4. The van der Waals surface area contributed by atoms with E-state index in [1.165, 1.54) is 16.5 Å². The van der Waals surface area contributed by atoms with Crippen LogP contribution in [0.5, 0.6) is 0 Å². The quantitative estimate of drug-likeness (QED) is 0.651. The second-order valence-electron chi connectivity index (χ2n) is 6.94. The molecule has 3 aromatic rings.